The molecule has 2 amide bonds. The maximum atomic E-state index is 14.0. The van der Waals surface area contributed by atoms with E-state index in [1.807, 2.05) is 70.2 Å². The molecule has 3 aromatic carbocycles. The number of benzene rings is 3. The number of amides is 2. The van der Waals surface area contributed by atoms with Crippen LogP contribution in [-0.4, -0.2) is 35.7 Å². The smallest absolute Gasteiger partial charge is 0.338 e. The molecule has 7 nitrogen and oxygen atoms in total. The maximum absolute atomic E-state index is 14.0. The van der Waals surface area contributed by atoms with Crippen LogP contribution in [0.3, 0.4) is 0 Å². The molecule has 0 spiro atoms. The van der Waals surface area contributed by atoms with E-state index in [9.17, 15) is 14.4 Å². The summed E-state index contributed by atoms with van der Waals surface area (Å²) in [5.41, 5.74) is 5.01. The molecule has 4 atom stereocenters. The van der Waals surface area contributed by atoms with Gasteiger partial charge >= 0.3 is 5.97 Å². The van der Waals surface area contributed by atoms with E-state index < -0.39 is 41.1 Å². The van der Waals surface area contributed by atoms with Crippen molar-refractivity contribution >= 4 is 17.8 Å². The van der Waals surface area contributed by atoms with Crippen LogP contribution in [0, 0.1) is 18.3 Å². The largest absolute Gasteiger partial charge is 0.432 e. The summed E-state index contributed by atoms with van der Waals surface area (Å²) < 4.78 is 11.4. The Labute approximate surface area is 261 Å². The summed E-state index contributed by atoms with van der Waals surface area (Å²) in [6, 6.07) is 25.2. The van der Waals surface area contributed by atoms with Gasteiger partial charge in [-0.2, -0.15) is 0 Å². The van der Waals surface area contributed by atoms with Crippen molar-refractivity contribution in [1.29, 1.82) is 0 Å². The van der Waals surface area contributed by atoms with Gasteiger partial charge < -0.3 is 20.1 Å². The lowest BCUT2D eigenvalue weighted by molar-refractivity contribution is -0.162. The van der Waals surface area contributed by atoms with E-state index in [1.54, 1.807) is 13.8 Å². The van der Waals surface area contributed by atoms with Gasteiger partial charge in [-0.25, -0.2) is 4.79 Å². The fourth-order valence-electron chi connectivity index (χ4n) is 5.74. The third-order valence-corrected chi connectivity index (χ3v) is 8.07. The summed E-state index contributed by atoms with van der Waals surface area (Å²) in [5.74, 6) is -3.23. The minimum atomic E-state index is -1.13. The second kappa shape index (κ2) is 13.8. The lowest BCUT2D eigenvalue weighted by Gasteiger charge is -2.33. The molecule has 1 heterocycles. The number of nitrogens with one attached hydrogen (secondary N) is 2. The average Bonchev–Trinajstić information content (AvgIpc) is 3.25. The van der Waals surface area contributed by atoms with Crippen molar-refractivity contribution in [3.05, 3.63) is 95.6 Å². The lowest BCUT2D eigenvalue weighted by atomic mass is 9.84. The second-order valence-electron chi connectivity index (χ2n) is 13.3. The number of carbonyl (C=O) groups excluding carboxylic acids is 3. The lowest BCUT2D eigenvalue weighted by Crippen LogP contribution is -2.56. The molecule has 0 aromatic heterocycles. The highest BCUT2D eigenvalue weighted by Gasteiger charge is 2.48. The SMILES string of the molecule is Cc1cccc(-c2ccccc2CCC[C@@H](C(=O)N[C@H](C(=O)N[C@H](C)c2ccccc2)C(C)(C)C)C2OC(C)(C)OC2=O)c1. The monoisotopic (exact) mass is 598 g/mol. The minimum Gasteiger partial charge on any atom is -0.432 e. The molecular formula is C37H46N2O5. The predicted molar refractivity (Wildman–Crippen MR) is 172 cm³/mol. The summed E-state index contributed by atoms with van der Waals surface area (Å²) in [6.45, 7) is 13.0. The van der Waals surface area contributed by atoms with Crippen molar-refractivity contribution < 1.29 is 23.9 Å². The highest BCUT2D eigenvalue weighted by molar-refractivity contribution is 5.92. The van der Waals surface area contributed by atoms with Gasteiger partial charge in [0.25, 0.3) is 0 Å². The Morgan fingerprint density at radius 2 is 1.59 bits per heavy atom. The highest BCUT2D eigenvalue weighted by atomic mass is 16.8. The number of ether oxygens (including phenoxy) is 2. The molecule has 0 radical (unpaired) electrons. The first kappa shape index (κ1) is 32.9. The molecule has 44 heavy (non-hydrogen) atoms. The van der Waals surface area contributed by atoms with Crippen LogP contribution < -0.4 is 10.6 Å². The number of hydrogen-bond donors (Lipinski definition) is 2. The first-order chi connectivity index (χ1) is 20.7. The Kier molecular flexibility index (Phi) is 10.3. The number of rotatable bonds is 11. The molecule has 3 aromatic rings. The fourth-order valence-corrected chi connectivity index (χ4v) is 5.74. The van der Waals surface area contributed by atoms with Crippen LogP contribution in [-0.2, 0) is 30.3 Å². The summed E-state index contributed by atoms with van der Waals surface area (Å²) in [5, 5.41) is 6.04. The number of carbonyl (C=O) groups is 3. The third kappa shape index (κ3) is 8.35. The first-order valence-corrected chi connectivity index (χ1v) is 15.5. The predicted octanol–water partition coefficient (Wildman–Crippen LogP) is 6.69. The zero-order valence-corrected chi connectivity index (χ0v) is 27.0. The van der Waals surface area contributed by atoms with Crippen LogP contribution in [0.25, 0.3) is 11.1 Å². The van der Waals surface area contributed by atoms with Crippen LogP contribution in [0.2, 0.25) is 0 Å². The van der Waals surface area contributed by atoms with Gasteiger partial charge in [-0.3, -0.25) is 9.59 Å². The number of aryl methyl sites for hydroxylation is 2. The summed E-state index contributed by atoms with van der Waals surface area (Å²) in [6.07, 6.45) is 0.648. The van der Waals surface area contributed by atoms with Gasteiger partial charge in [0.1, 0.15) is 6.04 Å². The molecule has 1 aliphatic rings. The average molecular weight is 599 g/mol. The van der Waals surface area contributed by atoms with Crippen molar-refractivity contribution in [2.24, 2.45) is 11.3 Å². The van der Waals surface area contributed by atoms with Crippen molar-refractivity contribution in [1.82, 2.24) is 10.6 Å². The number of cyclic esters (lactones) is 1. The first-order valence-electron chi connectivity index (χ1n) is 15.5. The molecule has 234 valence electrons. The zero-order chi connectivity index (χ0) is 32.1. The van der Waals surface area contributed by atoms with Gasteiger partial charge in [0.15, 0.2) is 6.10 Å². The van der Waals surface area contributed by atoms with E-state index in [0.29, 0.717) is 19.3 Å². The Morgan fingerprint density at radius 3 is 2.23 bits per heavy atom. The second-order valence-corrected chi connectivity index (χ2v) is 13.3. The maximum Gasteiger partial charge on any atom is 0.338 e. The fraction of sp³-hybridized carbons (Fsp3) is 0.432. The van der Waals surface area contributed by atoms with Gasteiger partial charge in [-0.15, -0.1) is 0 Å². The van der Waals surface area contributed by atoms with Crippen LogP contribution in [0.15, 0.2) is 78.9 Å². The van der Waals surface area contributed by atoms with Crippen LogP contribution >= 0.6 is 0 Å². The van der Waals surface area contributed by atoms with Crippen molar-refractivity contribution in [3.63, 3.8) is 0 Å². The van der Waals surface area contributed by atoms with E-state index in [2.05, 4.69) is 54.0 Å². The Bertz CT molecular complexity index is 1460. The molecule has 2 N–H and O–H groups in total. The Balaban J connectivity index is 1.53. The van der Waals surface area contributed by atoms with Crippen LogP contribution in [0.1, 0.15) is 77.1 Å². The summed E-state index contributed by atoms with van der Waals surface area (Å²) in [4.78, 5) is 40.5. The van der Waals surface area contributed by atoms with E-state index in [4.69, 9.17) is 9.47 Å². The Hall–Kier alpha value is -3.97. The van der Waals surface area contributed by atoms with Gasteiger partial charge in [0.05, 0.1) is 12.0 Å². The normalized spacial score (nSPS) is 18.2. The molecule has 1 fully saturated rings. The quantitative estimate of drug-likeness (QED) is 0.240. The molecule has 1 saturated heterocycles. The molecule has 4 rings (SSSR count). The molecule has 1 aliphatic heterocycles. The molecule has 0 saturated carbocycles. The minimum absolute atomic E-state index is 0.247. The molecule has 0 bridgehead atoms. The highest BCUT2D eigenvalue weighted by Crippen LogP contribution is 2.32. The zero-order valence-electron chi connectivity index (χ0n) is 27.0. The van der Waals surface area contributed by atoms with E-state index in [-0.39, 0.29) is 11.9 Å². The summed E-state index contributed by atoms with van der Waals surface area (Å²) >= 11 is 0. The molecule has 7 heteroatoms. The molecule has 1 unspecified atom stereocenters. The summed E-state index contributed by atoms with van der Waals surface area (Å²) in [7, 11) is 0. The molecular weight excluding hydrogens is 552 g/mol. The van der Waals surface area contributed by atoms with Crippen molar-refractivity contribution in [2.45, 2.75) is 91.7 Å². The van der Waals surface area contributed by atoms with E-state index in [0.717, 1.165) is 22.3 Å². The van der Waals surface area contributed by atoms with E-state index >= 15 is 0 Å². The van der Waals surface area contributed by atoms with E-state index in [1.165, 1.54) is 5.56 Å². The van der Waals surface area contributed by atoms with Crippen LogP contribution in [0.5, 0.6) is 0 Å². The topological polar surface area (TPSA) is 93.7 Å². The standard InChI is InChI=1S/C37H46N2O5/c1-24-15-13-20-28(23-24)29-21-12-11-18-27(29)19-14-22-30(31-35(42)44-37(6,7)43-31)33(40)39-32(36(3,4)5)34(41)38-25(2)26-16-9-8-10-17-26/h8-13,15-18,20-21,23,25,30-32H,14,19,22H2,1-7H3,(H,38,41)(H,39,40)/t25-,30-,31?,32-/m1/s1. The van der Waals surface area contributed by atoms with Crippen LogP contribution in [0.4, 0.5) is 0 Å². The number of hydrogen-bond acceptors (Lipinski definition) is 5. The Morgan fingerprint density at radius 1 is 0.909 bits per heavy atom. The van der Waals surface area contributed by atoms with Crippen molar-refractivity contribution in [2.75, 3.05) is 0 Å². The van der Waals surface area contributed by atoms with Gasteiger partial charge in [0, 0.05) is 13.8 Å². The van der Waals surface area contributed by atoms with Gasteiger partial charge in [0.2, 0.25) is 17.6 Å². The van der Waals surface area contributed by atoms with Gasteiger partial charge in [-0.05, 0) is 60.8 Å². The van der Waals surface area contributed by atoms with Gasteiger partial charge in [-0.1, -0.05) is 105 Å². The third-order valence-electron chi connectivity index (χ3n) is 8.07. The number of esters is 1. The van der Waals surface area contributed by atoms with Crippen molar-refractivity contribution in [3.8, 4) is 11.1 Å². The molecule has 0 aliphatic carbocycles.